The van der Waals surface area contributed by atoms with Crippen LogP contribution in [0.1, 0.15) is 38.3 Å². The van der Waals surface area contributed by atoms with Crippen LogP contribution < -0.4 is 9.62 Å². The Labute approximate surface area is 168 Å². The number of benzene rings is 2. The highest BCUT2D eigenvalue weighted by atomic mass is 32.2. The van der Waals surface area contributed by atoms with Gasteiger partial charge in [-0.15, -0.1) is 0 Å². The first-order chi connectivity index (χ1) is 13.0. The lowest BCUT2D eigenvalue weighted by Crippen LogP contribution is -2.55. The van der Waals surface area contributed by atoms with Gasteiger partial charge in [-0.3, -0.25) is 9.10 Å². The molecular formula is C22H30N2O3S. The van der Waals surface area contributed by atoms with Crippen LogP contribution in [0.25, 0.3) is 0 Å². The number of aryl methyl sites for hydroxylation is 1. The zero-order chi connectivity index (χ0) is 20.9. The number of carbonyl (C=O) groups is 1. The molecule has 1 atom stereocenters. The standard InChI is InChI=1S/C22H30N2O3S/c1-6-20(24(28(5,26)27)19-14-12-17(2)13-15-19)21(25)23-22(3,4)16-18-10-8-7-9-11-18/h7-15,20H,6,16H2,1-5H3,(H,23,25)/t20-/m0/s1. The van der Waals surface area contributed by atoms with E-state index in [9.17, 15) is 13.2 Å². The average molecular weight is 403 g/mol. The van der Waals surface area contributed by atoms with E-state index in [0.29, 0.717) is 18.5 Å². The molecule has 0 saturated carbocycles. The number of rotatable bonds is 8. The molecule has 0 heterocycles. The second-order valence-electron chi connectivity index (χ2n) is 7.85. The summed E-state index contributed by atoms with van der Waals surface area (Å²) in [6.07, 6.45) is 2.16. The second-order valence-corrected chi connectivity index (χ2v) is 9.71. The fraction of sp³-hybridized carbons (Fsp3) is 0.409. The number of nitrogens with zero attached hydrogens (tertiary/aromatic N) is 1. The van der Waals surface area contributed by atoms with Crippen molar-refractivity contribution in [2.75, 3.05) is 10.6 Å². The van der Waals surface area contributed by atoms with Gasteiger partial charge >= 0.3 is 0 Å². The molecule has 0 aliphatic carbocycles. The Morgan fingerprint density at radius 3 is 2.14 bits per heavy atom. The Hall–Kier alpha value is -2.34. The third-order valence-electron chi connectivity index (χ3n) is 4.57. The quantitative estimate of drug-likeness (QED) is 0.732. The van der Waals surface area contributed by atoms with Crippen LogP contribution in [0.4, 0.5) is 5.69 Å². The van der Waals surface area contributed by atoms with Crippen LogP contribution in [0, 0.1) is 6.92 Å². The van der Waals surface area contributed by atoms with Crippen LogP contribution in [-0.2, 0) is 21.2 Å². The fourth-order valence-electron chi connectivity index (χ4n) is 3.32. The maximum Gasteiger partial charge on any atom is 0.244 e. The number of hydrogen-bond donors (Lipinski definition) is 1. The first-order valence-corrected chi connectivity index (χ1v) is 11.3. The monoisotopic (exact) mass is 402 g/mol. The highest BCUT2D eigenvalue weighted by molar-refractivity contribution is 7.92. The number of anilines is 1. The summed E-state index contributed by atoms with van der Waals surface area (Å²) in [4.78, 5) is 13.1. The van der Waals surface area contributed by atoms with E-state index in [1.165, 1.54) is 4.31 Å². The molecular weight excluding hydrogens is 372 g/mol. The first kappa shape index (κ1) is 22.0. The third-order valence-corrected chi connectivity index (χ3v) is 5.75. The third kappa shape index (κ3) is 5.83. The Morgan fingerprint density at radius 1 is 1.07 bits per heavy atom. The van der Waals surface area contributed by atoms with Gasteiger partial charge < -0.3 is 5.32 Å². The molecule has 5 nitrogen and oxygen atoms in total. The second kappa shape index (κ2) is 8.78. The zero-order valence-corrected chi connectivity index (χ0v) is 18.1. The molecule has 0 unspecified atom stereocenters. The number of amides is 1. The van der Waals surface area contributed by atoms with Crippen LogP contribution in [0.2, 0.25) is 0 Å². The van der Waals surface area contributed by atoms with Gasteiger partial charge in [0.25, 0.3) is 0 Å². The molecule has 152 valence electrons. The van der Waals surface area contributed by atoms with Crippen molar-refractivity contribution in [2.24, 2.45) is 0 Å². The Morgan fingerprint density at radius 2 is 1.64 bits per heavy atom. The largest absolute Gasteiger partial charge is 0.349 e. The fourth-order valence-corrected chi connectivity index (χ4v) is 4.53. The molecule has 0 radical (unpaired) electrons. The molecule has 0 aliphatic heterocycles. The maximum atomic E-state index is 13.1. The van der Waals surface area contributed by atoms with E-state index in [-0.39, 0.29) is 5.91 Å². The van der Waals surface area contributed by atoms with Crippen molar-refractivity contribution in [3.8, 4) is 0 Å². The van der Waals surface area contributed by atoms with Gasteiger partial charge in [0, 0.05) is 5.54 Å². The first-order valence-electron chi connectivity index (χ1n) is 9.45. The van der Waals surface area contributed by atoms with E-state index >= 15 is 0 Å². The van der Waals surface area contributed by atoms with Crippen molar-refractivity contribution in [1.82, 2.24) is 5.32 Å². The molecule has 2 rings (SSSR count). The van der Waals surface area contributed by atoms with E-state index in [4.69, 9.17) is 0 Å². The van der Waals surface area contributed by atoms with Crippen LogP contribution in [0.15, 0.2) is 54.6 Å². The summed E-state index contributed by atoms with van der Waals surface area (Å²) in [6.45, 7) is 7.65. The van der Waals surface area contributed by atoms with Crippen LogP contribution >= 0.6 is 0 Å². The van der Waals surface area contributed by atoms with Crippen LogP contribution in [0.5, 0.6) is 0 Å². The van der Waals surface area contributed by atoms with Gasteiger partial charge in [-0.1, -0.05) is 55.0 Å². The van der Waals surface area contributed by atoms with Gasteiger partial charge in [0.05, 0.1) is 11.9 Å². The summed E-state index contributed by atoms with van der Waals surface area (Å²) < 4.78 is 26.3. The smallest absolute Gasteiger partial charge is 0.244 e. The summed E-state index contributed by atoms with van der Waals surface area (Å²) in [5, 5.41) is 3.04. The van der Waals surface area contributed by atoms with Crippen LogP contribution in [-0.4, -0.2) is 32.2 Å². The highest BCUT2D eigenvalue weighted by Gasteiger charge is 2.34. The lowest BCUT2D eigenvalue weighted by atomic mass is 9.94. The molecule has 2 aromatic carbocycles. The van der Waals surface area contributed by atoms with Crippen molar-refractivity contribution in [3.05, 3.63) is 65.7 Å². The normalized spacial score (nSPS) is 13.0. The predicted molar refractivity (Wildman–Crippen MR) is 115 cm³/mol. The molecule has 0 saturated heterocycles. The molecule has 1 amide bonds. The van der Waals surface area contributed by atoms with Crippen molar-refractivity contribution in [3.63, 3.8) is 0 Å². The van der Waals surface area contributed by atoms with Gasteiger partial charge in [0.2, 0.25) is 15.9 Å². The van der Waals surface area contributed by atoms with Crippen LogP contribution in [0.3, 0.4) is 0 Å². The minimum atomic E-state index is -3.63. The SMILES string of the molecule is CC[C@@H](C(=O)NC(C)(C)Cc1ccccc1)N(c1ccc(C)cc1)S(C)(=O)=O. The van der Waals surface area contributed by atoms with Crippen molar-refractivity contribution in [2.45, 2.75) is 52.1 Å². The summed E-state index contributed by atoms with van der Waals surface area (Å²) in [6, 6.07) is 16.3. The number of sulfonamides is 1. The lowest BCUT2D eigenvalue weighted by molar-refractivity contribution is -0.123. The highest BCUT2D eigenvalue weighted by Crippen LogP contribution is 2.24. The molecule has 0 aromatic heterocycles. The minimum absolute atomic E-state index is 0.297. The summed E-state index contributed by atoms with van der Waals surface area (Å²) >= 11 is 0. The molecule has 0 aliphatic rings. The van der Waals surface area contributed by atoms with E-state index in [2.05, 4.69) is 5.32 Å². The number of nitrogens with one attached hydrogen (secondary N) is 1. The van der Waals surface area contributed by atoms with Crippen molar-refractivity contribution in [1.29, 1.82) is 0 Å². The Kier molecular flexibility index (Phi) is 6.88. The van der Waals surface area contributed by atoms with Crippen molar-refractivity contribution >= 4 is 21.6 Å². The summed E-state index contributed by atoms with van der Waals surface area (Å²) in [5.41, 5.74) is 2.12. The predicted octanol–water partition coefficient (Wildman–Crippen LogP) is 3.68. The number of hydrogen-bond acceptors (Lipinski definition) is 3. The van der Waals surface area contributed by atoms with E-state index < -0.39 is 21.6 Å². The molecule has 28 heavy (non-hydrogen) atoms. The topological polar surface area (TPSA) is 66.5 Å². The molecule has 2 aromatic rings. The average Bonchev–Trinajstić information content (AvgIpc) is 2.59. The van der Waals surface area contributed by atoms with E-state index in [1.807, 2.05) is 70.2 Å². The van der Waals surface area contributed by atoms with Gasteiger partial charge in [-0.2, -0.15) is 0 Å². The van der Waals surface area contributed by atoms with E-state index in [0.717, 1.165) is 17.4 Å². The van der Waals surface area contributed by atoms with Gasteiger partial charge in [0.1, 0.15) is 6.04 Å². The minimum Gasteiger partial charge on any atom is -0.349 e. The Balaban J connectivity index is 2.27. The zero-order valence-electron chi connectivity index (χ0n) is 17.3. The molecule has 0 fully saturated rings. The maximum absolute atomic E-state index is 13.1. The van der Waals surface area contributed by atoms with E-state index in [1.54, 1.807) is 12.1 Å². The Bertz CT molecular complexity index is 891. The van der Waals surface area contributed by atoms with Gasteiger partial charge in [0.15, 0.2) is 0 Å². The molecule has 6 heteroatoms. The van der Waals surface area contributed by atoms with Gasteiger partial charge in [-0.05, 0) is 51.3 Å². The van der Waals surface area contributed by atoms with Gasteiger partial charge in [-0.25, -0.2) is 8.42 Å². The molecule has 0 spiro atoms. The van der Waals surface area contributed by atoms with Crippen molar-refractivity contribution < 1.29 is 13.2 Å². The summed E-state index contributed by atoms with van der Waals surface area (Å²) in [5.74, 6) is -0.297. The number of carbonyl (C=O) groups excluding carboxylic acids is 1. The molecule has 1 N–H and O–H groups in total. The summed E-state index contributed by atoms with van der Waals surface area (Å²) in [7, 11) is -3.63. The lowest BCUT2D eigenvalue weighted by Gasteiger charge is -2.34. The molecule has 0 bridgehead atoms.